The van der Waals surface area contributed by atoms with Gasteiger partial charge in [0.1, 0.15) is 4.88 Å². The summed E-state index contributed by atoms with van der Waals surface area (Å²) < 4.78 is 0. The molecule has 2 heterocycles. The SMILES string of the molecule is CC1CN(C(=O)O)CCC1N(C(=O)c1ccc(Cl)cc1Cl)c1cc(-c2ccccc2)sc1C(=O)O. The smallest absolute Gasteiger partial charge is 0.407 e. The molecule has 3 aromatic rings. The fourth-order valence-corrected chi connectivity index (χ4v) is 5.86. The van der Waals surface area contributed by atoms with Crippen LogP contribution in [0.15, 0.2) is 54.6 Å². The molecule has 35 heavy (non-hydrogen) atoms. The first-order valence-electron chi connectivity index (χ1n) is 10.9. The predicted molar refractivity (Wildman–Crippen MR) is 137 cm³/mol. The summed E-state index contributed by atoms with van der Waals surface area (Å²) in [5.41, 5.74) is 1.28. The summed E-state index contributed by atoms with van der Waals surface area (Å²) >= 11 is 13.5. The van der Waals surface area contributed by atoms with Crippen molar-refractivity contribution in [2.24, 2.45) is 5.92 Å². The van der Waals surface area contributed by atoms with Crippen molar-refractivity contribution in [1.82, 2.24) is 4.90 Å². The molecule has 2 atom stereocenters. The topological polar surface area (TPSA) is 98.2 Å². The van der Waals surface area contributed by atoms with Gasteiger partial charge >= 0.3 is 12.1 Å². The average molecular weight is 533 g/mol. The molecular weight excluding hydrogens is 511 g/mol. The summed E-state index contributed by atoms with van der Waals surface area (Å²) in [5, 5.41) is 20.0. The van der Waals surface area contributed by atoms with E-state index in [4.69, 9.17) is 23.2 Å². The molecule has 182 valence electrons. The first-order chi connectivity index (χ1) is 16.7. The van der Waals surface area contributed by atoms with Gasteiger partial charge in [-0.2, -0.15) is 0 Å². The summed E-state index contributed by atoms with van der Waals surface area (Å²) in [6.45, 7) is 2.30. The molecule has 1 saturated heterocycles. The van der Waals surface area contributed by atoms with Crippen molar-refractivity contribution < 1.29 is 24.6 Å². The van der Waals surface area contributed by atoms with Crippen LogP contribution >= 0.6 is 34.5 Å². The second-order valence-corrected chi connectivity index (χ2v) is 10.3. The molecule has 10 heteroatoms. The van der Waals surface area contributed by atoms with Crippen molar-refractivity contribution in [3.8, 4) is 10.4 Å². The summed E-state index contributed by atoms with van der Waals surface area (Å²) in [6, 6.07) is 15.1. The minimum Gasteiger partial charge on any atom is -0.477 e. The van der Waals surface area contributed by atoms with E-state index in [1.54, 1.807) is 12.1 Å². The maximum atomic E-state index is 13.9. The molecule has 7 nitrogen and oxygen atoms in total. The molecular formula is C25H22Cl2N2O5S. The largest absolute Gasteiger partial charge is 0.477 e. The van der Waals surface area contributed by atoms with Crippen LogP contribution in [0.5, 0.6) is 0 Å². The number of carbonyl (C=O) groups excluding carboxylic acids is 1. The zero-order chi connectivity index (χ0) is 25.3. The van der Waals surface area contributed by atoms with Gasteiger partial charge in [-0.15, -0.1) is 11.3 Å². The number of carboxylic acids is 1. The minimum atomic E-state index is -1.15. The number of amides is 2. The predicted octanol–water partition coefficient (Wildman–Crippen LogP) is 6.46. The molecule has 0 bridgehead atoms. The lowest BCUT2D eigenvalue weighted by Crippen LogP contribution is -2.53. The van der Waals surface area contributed by atoms with Gasteiger partial charge < -0.3 is 20.0 Å². The Hall–Kier alpha value is -3.07. The van der Waals surface area contributed by atoms with Crippen LogP contribution in [-0.4, -0.2) is 52.2 Å². The van der Waals surface area contributed by atoms with E-state index in [1.165, 1.54) is 21.9 Å². The lowest BCUT2D eigenvalue weighted by molar-refractivity contribution is 0.0702. The Balaban J connectivity index is 1.85. The van der Waals surface area contributed by atoms with E-state index >= 15 is 0 Å². The molecule has 2 N–H and O–H groups in total. The van der Waals surface area contributed by atoms with Crippen LogP contribution in [0.4, 0.5) is 10.5 Å². The zero-order valence-electron chi connectivity index (χ0n) is 18.6. The molecule has 0 saturated carbocycles. The molecule has 2 unspecified atom stereocenters. The van der Waals surface area contributed by atoms with Crippen LogP contribution in [0.3, 0.4) is 0 Å². The van der Waals surface area contributed by atoms with Crippen LogP contribution in [0.1, 0.15) is 33.4 Å². The van der Waals surface area contributed by atoms with Gasteiger partial charge in [0.25, 0.3) is 5.91 Å². The maximum Gasteiger partial charge on any atom is 0.407 e. The normalized spacial score (nSPS) is 17.7. The molecule has 4 rings (SSSR count). The molecule has 2 amide bonds. The highest BCUT2D eigenvalue weighted by Crippen LogP contribution is 2.41. The quantitative estimate of drug-likeness (QED) is 0.393. The van der Waals surface area contributed by atoms with Crippen LogP contribution in [0.25, 0.3) is 10.4 Å². The van der Waals surface area contributed by atoms with E-state index in [0.717, 1.165) is 16.9 Å². The molecule has 1 aliphatic rings. The number of halogens is 2. The monoisotopic (exact) mass is 532 g/mol. The highest BCUT2D eigenvalue weighted by atomic mass is 35.5. The third-order valence-electron chi connectivity index (χ3n) is 6.07. The summed E-state index contributed by atoms with van der Waals surface area (Å²) in [4.78, 5) is 41.3. The van der Waals surface area contributed by atoms with Gasteiger partial charge in [0.2, 0.25) is 0 Å². The Bertz CT molecular complexity index is 1280. The summed E-state index contributed by atoms with van der Waals surface area (Å²) in [7, 11) is 0. The Kier molecular flexibility index (Phi) is 7.35. The van der Waals surface area contributed by atoms with Gasteiger partial charge in [0, 0.05) is 29.0 Å². The molecule has 1 fully saturated rings. The summed E-state index contributed by atoms with van der Waals surface area (Å²) in [6.07, 6.45) is -0.679. The number of hydrogen-bond acceptors (Lipinski definition) is 4. The van der Waals surface area contributed by atoms with Crippen molar-refractivity contribution >= 4 is 58.2 Å². The van der Waals surface area contributed by atoms with E-state index in [0.29, 0.717) is 16.3 Å². The number of anilines is 1. The fraction of sp³-hybridized carbons (Fsp3) is 0.240. The van der Waals surface area contributed by atoms with Crippen LogP contribution < -0.4 is 4.90 Å². The van der Waals surface area contributed by atoms with E-state index in [9.17, 15) is 24.6 Å². The zero-order valence-corrected chi connectivity index (χ0v) is 21.0. The highest BCUT2D eigenvalue weighted by molar-refractivity contribution is 7.18. The number of piperidine rings is 1. The Morgan fingerprint density at radius 2 is 1.77 bits per heavy atom. The van der Waals surface area contributed by atoms with E-state index in [1.807, 2.05) is 37.3 Å². The Morgan fingerprint density at radius 3 is 2.37 bits per heavy atom. The van der Waals surface area contributed by atoms with Crippen molar-refractivity contribution in [3.05, 3.63) is 75.1 Å². The highest BCUT2D eigenvalue weighted by Gasteiger charge is 2.38. The van der Waals surface area contributed by atoms with Crippen LogP contribution in [0, 0.1) is 5.92 Å². The lowest BCUT2D eigenvalue weighted by atomic mass is 9.91. The second kappa shape index (κ2) is 10.3. The number of benzene rings is 2. The molecule has 0 spiro atoms. The minimum absolute atomic E-state index is 0.0233. The Morgan fingerprint density at radius 1 is 1.06 bits per heavy atom. The number of aromatic carboxylic acids is 1. The molecule has 2 aromatic carbocycles. The molecule has 1 aromatic heterocycles. The number of rotatable bonds is 5. The first kappa shape index (κ1) is 25.0. The van der Waals surface area contributed by atoms with Crippen molar-refractivity contribution in [2.75, 3.05) is 18.0 Å². The van der Waals surface area contributed by atoms with Crippen molar-refractivity contribution in [1.29, 1.82) is 0 Å². The van der Waals surface area contributed by atoms with Gasteiger partial charge in [-0.3, -0.25) is 4.79 Å². The van der Waals surface area contributed by atoms with Gasteiger partial charge in [-0.05, 0) is 42.2 Å². The first-order valence-corrected chi connectivity index (χ1v) is 12.4. The number of carbonyl (C=O) groups is 3. The van der Waals surface area contributed by atoms with Gasteiger partial charge in [0.15, 0.2) is 0 Å². The van der Waals surface area contributed by atoms with E-state index in [-0.39, 0.29) is 40.2 Å². The van der Waals surface area contributed by atoms with Gasteiger partial charge in [-0.25, -0.2) is 9.59 Å². The number of nitrogens with zero attached hydrogens (tertiary/aromatic N) is 2. The Labute approximate surface area is 216 Å². The molecule has 1 aliphatic heterocycles. The second-order valence-electron chi connectivity index (χ2n) is 8.36. The summed E-state index contributed by atoms with van der Waals surface area (Å²) in [5.74, 6) is -1.87. The van der Waals surface area contributed by atoms with Gasteiger partial charge in [0.05, 0.1) is 16.3 Å². The van der Waals surface area contributed by atoms with E-state index in [2.05, 4.69) is 0 Å². The average Bonchev–Trinajstić information content (AvgIpc) is 3.26. The van der Waals surface area contributed by atoms with Crippen molar-refractivity contribution in [3.63, 3.8) is 0 Å². The van der Waals surface area contributed by atoms with Crippen LogP contribution in [-0.2, 0) is 0 Å². The number of hydrogen-bond donors (Lipinski definition) is 2. The van der Waals surface area contributed by atoms with E-state index < -0.39 is 24.0 Å². The van der Waals surface area contributed by atoms with Crippen molar-refractivity contribution in [2.45, 2.75) is 19.4 Å². The number of thiophene rings is 1. The van der Waals surface area contributed by atoms with Crippen LogP contribution in [0.2, 0.25) is 10.0 Å². The third-order valence-corrected chi connectivity index (χ3v) is 7.78. The fourth-order valence-electron chi connectivity index (χ4n) is 4.38. The number of likely N-dealkylation sites (tertiary alicyclic amines) is 1. The third kappa shape index (κ3) is 5.15. The maximum absolute atomic E-state index is 13.9. The molecule has 0 radical (unpaired) electrons. The lowest BCUT2D eigenvalue weighted by Gasteiger charge is -2.41. The van der Waals surface area contributed by atoms with Gasteiger partial charge in [-0.1, -0.05) is 60.5 Å². The number of carboxylic acid groups (broad SMARTS) is 2. The molecule has 0 aliphatic carbocycles. The standard InChI is InChI=1S/C25H22Cl2N2O5S/c1-14-13-28(25(33)34)10-9-19(14)29(23(30)17-8-7-16(26)11-18(17)27)20-12-21(35-22(20)24(31)32)15-5-3-2-4-6-15/h2-8,11-12,14,19H,9-10,13H2,1H3,(H,31,32)(H,33,34).